The van der Waals surface area contributed by atoms with Crippen LogP contribution in [0, 0.1) is 0 Å². The number of pyridine rings is 1. The van der Waals surface area contributed by atoms with Crippen LogP contribution in [0.15, 0.2) is 53.0 Å². The molecule has 3 aliphatic rings. The molecule has 24 heavy (non-hydrogen) atoms. The molecule has 4 heterocycles. The van der Waals surface area contributed by atoms with Crippen molar-refractivity contribution < 1.29 is 0 Å². The van der Waals surface area contributed by atoms with E-state index in [4.69, 9.17) is 11.5 Å². The molecule has 126 valence electrons. The number of hydrogen-bond donors (Lipinski definition) is 2. The molecule has 6 heteroatoms. The van der Waals surface area contributed by atoms with E-state index in [1.165, 1.54) is 22.0 Å². The minimum absolute atomic E-state index is 0.0107. The van der Waals surface area contributed by atoms with Crippen LogP contribution in [-0.2, 0) is 0 Å². The highest BCUT2D eigenvalue weighted by Gasteiger charge is 2.30. The quantitative estimate of drug-likeness (QED) is 0.861. The van der Waals surface area contributed by atoms with Crippen LogP contribution in [0.1, 0.15) is 19.8 Å². The molecule has 0 saturated carbocycles. The summed E-state index contributed by atoms with van der Waals surface area (Å²) in [5.74, 6) is 0. The third-order valence-electron chi connectivity index (χ3n) is 4.72. The Hall–Kier alpha value is -1.76. The zero-order valence-corrected chi connectivity index (χ0v) is 14.7. The normalized spacial score (nSPS) is 26.7. The summed E-state index contributed by atoms with van der Waals surface area (Å²) in [6.45, 7) is 4.06. The number of aromatic nitrogens is 1. The molecule has 0 aromatic carbocycles. The molecule has 1 aromatic rings. The van der Waals surface area contributed by atoms with Gasteiger partial charge in [0.2, 0.25) is 0 Å². The molecule has 0 spiro atoms. The summed E-state index contributed by atoms with van der Waals surface area (Å²) in [7, 11) is 0. The van der Waals surface area contributed by atoms with E-state index in [0.29, 0.717) is 0 Å². The van der Waals surface area contributed by atoms with E-state index < -0.39 is 0 Å². The van der Waals surface area contributed by atoms with Crippen molar-refractivity contribution in [3.63, 3.8) is 0 Å². The standard InChI is InChI=1S/C18H23N5S/c1-12-4-5-17-15(9-18(20)24-17)23(12)16-10-21-7-6-14(16)22-8-2-3-13(19)11-22/h4-7,9-10,13,18H,2-3,8,11,19-20H2,1H3/t13-,18?/m0/s1. The van der Waals surface area contributed by atoms with E-state index in [1.54, 1.807) is 11.8 Å². The Kier molecular flexibility index (Phi) is 4.12. The Morgan fingerprint density at radius 2 is 2.12 bits per heavy atom. The van der Waals surface area contributed by atoms with Crippen LogP contribution in [0.4, 0.5) is 11.4 Å². The van der Waals surface area contributed by atoms with E-state index in [9.17, 15) is 0 Å². The van der Waals surface area contributed by atoms with Crippen LogP contribution in [0.5, 0.6) is 0 Å². The van der Waals surface area contributed by atoms with Crippen molar-refractivity contribution in [2.75, 3.05) is 22.9 Å². The first-order valence-electron chi connectivity index (χ1n) is 8.41. The lowest BCUT2D eigenvalue weighted by molar-refractivity contribution is 0.506. The maximum atomic E-state index is 6.20. The number of piperidine rings is 1. The van der Waals surface area contributed by atoms with E-state index in [-0.39, 0.29) is 11.4 Å². The third kappa shape index (κ3) is 2.75. The van der Waals surface area contributed by atoms with Crippen molar-refractivity contribution in [1.82, 2.24) is 4.98 Å². The summed E-state index contributed by atoms with van der Waals surface area (Å²) < 4.78 is 0. The second-order valence-electron chi connectivity index (χ2n) is 6.52. The summed E-state index contributed by atoms with van der Waals surface area (Å²) in [5, 5.41) is 0.0107. The van der Waals surface area contributed by atoms with Crippen LogP contribution in [0.25, 0.3) is 0 Å². The first kappa shape index (κ1) is 15.7. The average molecular weight is 341 g/mol. The number of allylic oxidation sites excluding steroid dienone is 3. The number of hydrogen-bond acceptors (Lipinski definition) is 6. The molecule has 0 amide bonds. The zero-order chi connectivity index (χ0) is 16.7. The fourth-order valence-corrected chi connectivity index (χ4v) is 4.53. The van der Waals surface area contributed by atoms with Gasteiger partial charge in [0.25, 0.3) is 0 Å². The SMILES string of the molecule is CC1=CC=C2SC(N)C=C2N1c1cnccc1N1CCC[C@H](N)C1. The van der Waals surface area contributed by atoms with Gasteiger partial charge in [-0.25, -0.2) is 0 Å². The van der Waals surface area contributed by atoms with Crippen molar-refractivity contribution in [3.05, 3.63) is 53.0 Å². The van der Waals surface area contributed by atoms with Crippen molar-refractivity contribution in [1.29, 1.82) is 0 Å². The van der Waals surface area contributed by atoms with Gasteiger partial charge >= 0.3 is 0 Å². The number of fused-ring (bicyclic) bond motifs is 1. The molecule has 0 bridgehead atoms. The van der Waals surface area contributed by atoms with E-state index in [2.05, 4.69) is 46.0 Å². The summed E-state index contributed by atoms with van der Waals surface area (Å²) in [5.41, 5.74) is 17.0. The Morgan fingerprint density at radius 3 is 2.96 bits per heavy atom. The molecule has 2 atom stereocenters. The number of rotatable bonds is 2. The lowest BCUT2D eigenvalue weighted by Gasteiger charge is -2.37. The summed E-state index contributed by atoms with van der Waals surface area (Å²) in [6.07, 6.45) is 12.5. The number of nitrogens with two attached hydrogens (primary N) is 2. The predicted molar refractivity (Wildman–Crippen MR) is 102 cm³/mol. The Bertz CT molecular complexity index is 739. The monoisotopic (exact) mass is 341 g/mol. The zero-order valence-electron chi connectivity index (χ0n) is 13.9. The largest absolute Gasteiger partial charge is 0.368 e. The van der Waals surface area contributed by atoms with Gasteiger partial charge in [0.15, 0.2) is 0 Å². The highest BCUT2D eigenvalue weighted by atomic mass is 32.2. The molecular weight excluding hydrogens is 318 g/mol. The fourth-order valence-electron chi connectivity index (χ4n) is 3.62. The average Bonchev–Trinajstić information content (AvgIpc) is 2.95. The van der Waals surface area contributed by atoms with Gasteiger partial charge in [-0.1, -0.05) is 0 Å². The summed E-state index contributed by atoms with van der Waals surface area (Å²) in [4.78, 5) is 10.3. The molecule has 1 unspecified atom stereocenters. The topological polar surface area (TPSA) is 71.4 Å². The number of anilines is 2. The molecule has 5 nitrogen and oxygen atoms in total. The van der Waals surface area contributed by atoms with Gasteiger partial charge in [0.05, 0.1) is 28.6 Å². The number of thioether (sulfide) groups is 1. The molecule has 0 radical (unpaired) electrons. The van der Waals surface area contributed by atoms with Gasteiger partial charge in [0, 0.05) is 35.9 Å². The van der Waals surface area contributed by atoms with Gasteiger partial charge < -0.3 is 21.3 Å². The van der Waals surface area contributed by atoms with Gasteiger partial charge in [-0.3, -0.25) is 4.98 Å². The molecule has 0 aliphatic carbocycles. The second kappa shape index (κ2) is 6.27. The molecule has 1 saturated heterocycles. The highest BCUT2D eigenvalue weighted by molar-refractivity contribution is 8.04. The van der Waals surface area contributed by atoms with Gasteiger partial charge in [0.1, 0.15) is 0 Å². The van der Waals surface area contributed by atoms with Crippen molar-refractivity contribution in [2.24, 2.45) is 11.5 Å². The first-order valence-corrected chi connectivity index (χ1v) is 9.29. The number of nitrogens with zero attached hydrogens (tertiary/aromatic N) is 3. The Balaban J connectivity index is 1.75. The van der Waals surface area contributed by atoms with Crippen LogP contribution >= 0.6 is 11.8 Å². The molecule has 1 fully saturated rings. The predicted octanol–water partition coefficient (Wildman–Crippen LogP) is 2.53. The molecule has 4 rings (SSSR count). The fraction of sp³-hybridized carbons (Fsp3) is 0.389. The Labute approximate surface area is 147 Å². The van der Waals surface area contributed by atoms with E-state index in [1.807, 2.05) is 12.4 Å². The van der Waals surface area contributed by atoms with Crippen LogP contribution in [-0.4, -0.2) is 29.5 Å². The van der Waals surface area contributed by atoms with Crippen LogP contribution in [0.3, 0.4) is 0 Å². The third-order valence-corrected chi connectivity index (χ3v) is 5.73. The highest BCUT2D eigenvalue weighted by Crippen LogP contribution is 2.45. The molecule has 1 aromatic heterocycles. The van der Waals surface area contributed by atoms with Crippen molar-refractivity contribution in [2.45, 2.75) is 31.2 Å². The van der Waals surface area contributed by atoms with Crippen LogP contribution in [0.2, 0.25) is 0 Å². The molecule has 4 N–H and O–H groups in total. The van der Waals surface area contributed by atoms with Crippen molar-refractivity contribution in [3.8, 4) is 0 Å². The first-order chi connectivity index (χ1) is 11.6. The minimum atomic E-state index is 0.0107. The van der Waals surface area contributed by atoms with Crippen molar-refractivity contribution >= 4 is 23.1 Å². The minimum Gasteiger partial charge on any atom is -0.368 e. The van der Waals surface area contributed by atoms with E-state index in [0.717, 1.165) is 31.6 Å². The lowest BCUT2D eigenvalue weighted by atomic mass is 10.1. The summed E-state index contributed by atoms with van der Waals surface area (Å²) in [6, 6.07) is 2.34. The smallest absolute Gasteiger partial charge is 0.0878 e. The van der Waals surface area contributed by atoms with E-state index >= 15 is 0 Å². The maximum Gasteiger partial charge on any atom is 0.0878 e. The van der Waals surface area contributed by atoms with Gasteiger partial charge in [-0.15, -0.1) is 11.8 Å². The maximum absolute atomic E-state index is 6.20. The lowest BCUT2D eigenvalue weighted by Crippen LogP contribution is -2.43. The Morgan fingerprint density at radius 1 is 1.25 bits per heavy atom. The second-order valence-corrected chi connectivity index (χ2v) is 7.74. The molecule has 3 aliphatic heterocycles. The summed E-state index contributed by atoms with van der Waals surface area (Å²) >= 11 is 1.70. The van der Waals surface area contributed by atoms with Gasteiger partial charge in [-0.2, -0.15) is 0 Å². The van der Waals surface area contributed by atoms with Gasteiger partial charge in [-0.05, 0) is 44.1 Å². The van der Waals surface area contributed by atoms with Crippen LogP contribution < -0.4 is 21.3 Å². The molecular formula is C18H23N5S.